The zero-order valence-corrected chi connectivity index (χ0v) is 15.1. The van der Waals surface area contributed by atoms with Gasteiger partial charge >= 0.3 is 11.9 Å². The number of anilines is 1. The van der Waals surface area contributed by atoms with Gasteiger partial charge in [0.1, 0.15) is 16.7 Å². The number of carbonyl (C=O) groups excluding carboxylic acids is 2. The van der Waals surface area contributed by atoms with E-state index in [2.05, 4.69) is 15.6 Å². The van der Waals surface area contributed by atoms with Gasteiger partial charge in [-0.15, -0.1) is 0 Å². The Hall–Kier alpha value is -2.72. The summed E-state index contributed by atoms with van der Waals surface area (Å²) in [5.41, 5.74) is 0.439. The fraction of sp³-hybridized carbons (Fsp3) is 0.375. The third-order valence-electron chi connectivity index (χ3n) is 3.29. The van der Waals surface area contributed by atoms with Crippen molar-refractivity contribution in [2.24, 2.45) is 0 Å². The van der Waals surface area contributed by atoms with E-state index in [0.717, 1.165) is 11.3 Å². The number of ether oxygens (including phenoxy) is 1. The first-order valence-corrected chi connectivity index (χ1v) is 8.65. The molecular formula is C16H19N3O6S. The second-order valence-electron chi connectivity index (χ2n) is 5.26. The largest absolute Gasteiger partial charge is 0.480 e. The van der Waals surface area contributed by atoms with E-state index in [1.807, 2.05) is 0 Å². The minimum atomic E-state index is -1.16. The molecule has 0 bridgehead atoms. The van der Waals surface area contributed by atoms with Crippen LogP contribution in [0.25, 0.3) is 0 Å². The van der Waals surface area contributed by atoms with E-state index >= 15 is 0 Å². The number of aryl methyl sites for hydroxylation is 1. The summed E-state index contributed by atoms with van der Waals surface area (Å²) >= 11 is 0.982. The van der Waals surface area contributed by atoms with Gasteiger partial charge < -0.3 is 19.6 Å². The molecule has 0 spiro atoms. The van der Waals surface area contributed by atoms with Crippen molar-refractivity contribution in [3.63, 3.8) is 0 Å². The van der Waals surface area contributed by atoms with Gasteiger partial charge in [0, 0.05) is 0 Å². The molecule has 0 aliphatic rings. The maximum atomic E-state index is 12.1. The molecule has 1 atom stereocenters. The minimum Gasteiger partial charge on any atom is -0.480 e. The van der Waals surface area contributed by atoms with Gasteiger partial charge in [0.2, 0.25) is 5.91 Å². The molecule has 0 radical (unpaired) electrons. The van der Waals surface area contributed by atoms with E-state index in [1.165, 1.54) is 6.26 Å². The van der Waals surface area contributed by atoms with Gasteiger partial charge in [0.15, 0.2) is 5.13 Å². The number of carbonyl (C=O) groups is 3. The summed E-state index contributed by atoms with van der Waals surface area (Å²) in [6.07, 6.45) is 1.18. The molecule has 1 amide bonds. The van der Waals surface area contributed by atoms with Gasteiger partial charge in [0.25, 0.3) is 0 Å². The monoisotopic (exact) mass is 381 g/mol. The Balaban J connectivity index is 1.94. The normalized spacial score (nSPS) is 11.8. The Kier molecular flexibility index (Phi) is 6.87. The van der Waals surface area contributed by atoms with Gasteiger partial charge in [-0.3, -0.25) is 14.9 Å². The average molecular weight is 381 g/mol. The molecule has 0 aliphatic carbocycles. The van der Waals surface area contributed by atoms with Crippen LogP contribution in [0.4, 0.5) is 5.13 Å². The van der Waals surface area contributed by atoms with Gasteiger partial charge in [0.05, 0.1) is 31.5 Å². The van der Waals surface area contributed by atoms with Crippen LogP contribution in [-0.2, 0) is 20.9 Å². The lowest BCUT2D eigenvalue weighted by Gasteiger charge is -2.12. The number of aromatic nitrogens is 1. The number of hydrogen-bond acceptors (Lipinski definition) is 8. The third-order valence-corrected chi connectivity index (χ3v) is 4.35. The van der Waals surface area contributed by atoms with Gasteiger partial charge in [-0.05, 0) is 26.0 Å². The van der Waals surface area contributed by atoms with E-state index in [1.54, 1.807) is 26.0 Å². The SMILES string of the molecule is CCOC(=O)c1sc(NC(=O)C[C@@H](NCc2ccco2)C(=O)O)nc1C. The Morgan fingerprint density at radius 3 is 2.81 bits per heavy atom. The summed E-state index contributed by atoms with van der Waals surface area (Å²) in [6, 6.07) is 2.29. The Labute approximate surface area is 153 Å². The maximum Gasteiger partial charge on any atom is 0.350 e. The molecule has 140 valence electrons. The molecule has 26 heavy (non-hydrogen) atoms. The predicted molar refractivity (Wildman–Crippen MR) is 93.0 cm³/mol. The summed E-state index contributed by atoms with van der Waals surface area (Å²) in [7, 11) is 0. The number of aliphatic carboxylic acids is 1. The van der Waals surface area contributed by atoms with Gasteiger partial charge in [-0.2, -0.15) is 0 Å². The van der Waals surface area contributed by atoms with Gasteiger partial charge in [-0.25, -0.2) is 9.78 Å². The highest BCUT2D eigenvalue weighted by Crippen LogP contribution is 2.23. The molecule has 0 aliphatic heterocycles. The van der Waals surface area contributed by atoms with Gasteiger partial charge in [-0.1, -0.05) is 11.3 Å². The van der Waals surface area contributed by atoms with E-state index in [-0.39, 0.29) is 24.7 Å². The number of hydrogen-bond donors (Lipinski definition) is 3. The molecule has 0 aromatic carbocycles. The van der Waals surface area contributed by atoms with Crippen molar-refractivity contribution in [1.82, 2.24) is 10.3 Å². The van der Waals surface area contributed by atoms with Crippen molar-refractivity contribution in [1.29, 1.82) is 0 Å². The number of furan rings is 1. The highest BCUT2D eigenvalue weighted by Gasteiger charge is 2.23. The number of rotatable bonds is 9. The predicted octanol–water partition coefficient (Wildman–Crippen LogP) is 1.79. The summed E-state index contributed by atoms with van der Waals surface area (Å²) in [4.78, 5) is 39.6. The van der Waals surface area contributed by atoms with Crippen molar-refractivity contribution in [2.45, 2.75) is 32.9 Å². The second-order valence-corrected chi connectivity index (χ2v) is 6.26. The molecule has 2 heterocycles. The average Bonchev–Trinajstić information content (AvgIpc) is 3.21. The van der Waals surface area contributed by atoms with Crippen molar-refractivity contribution in [3.8, 4) is 0 Å². The van der Waals surface area contributed by atoms with Crippen LogP contribution in [0.1, 0.15) is 34.5 Å². The minimum absolute atomic E-state index is 0.181. The van der Waals surface area contributed by atoms with Crippen molar-refractivity contribution in [2.75, 3.05) is 11.9 Å². The van der Waals surface area contributed by atoms with E-state index in [9.17, 15) is 19.5 Å². The topological polar surface area (TPSA) is 131 Å². The lowest BCUT2D eigenvalue weighted by molar-refractivity contribution is -0.141. The van der Waals surface area contributed by atoms with Crippen LogP contribution in [0.5, 0.6) is 0 Å². The number of thiazole rings is 1. The number of amides is 1. The van der Waals surface area contributed by atoms with Crippen molar-refractivity contribution in [3.05, 3.63) is 34.7 Å². The molecule has 3 N–H and O–H groups in total. The Bertz CT molecular complexity index is 771. The van der Waals surface area contributed by atoms with Crippen LogP contribution in [-0.4, -0.2) is 40.6 Å². The zero-order valence-electron chi connectivity index (χ0n) is 14.3. The molecule has 10 heteroatoms. The smallest absolute Gasteiger partial charge is 0.350 e. The molecule has 0 fully saturated rings. The van der Waals surface area contributed by atoms with E-state index < -0.39 is 23.9 Å². The van der Waals surface area contributed by atoms with Crippen LogP contribution < -0.4 is 10.6 Å². The first-order chi connectivity index (χ1) is 12.4. The first-order valence-electron chi connectivity index (χ1n) is 7.83. The first kappa shape index (κ1) is 19.6. The van der Waals surface area contributed by atoms with E-state index in [4.69, 9.17) is 9.15 Å². The van der Waals surface area contributed by atoms with Crippen LogP contribution in [0.15, 0.2) is 22.8 Å². The molecule has 0 unspecified atom stereocenters. The standard InChI is InChI=1S/C16H19N3O6S/c1-3-24-15(23)13-9(2)18-16(26-13)19-12(20)7-11(14(21)22)17-8-10-5-4-6-25-10/h4-6,11,17H,3,7-8H2,1-2H3,(H,21,22)(H,18,19,20)/t11-/m1/s1. The fourth-order valence-electron chi connectivity index (χ4n) is 2.08. The molecule has 2 rings (SSSR count). The Morgan fingerprint density at radius 1 is 1.42 bits per heavy atom. The Morgan fingerprint density at radius 2 is 2.19 bits per heavy atom. The third kappa shape index (κ3) is 5.39. The summed E-state index contributed by atoms with van der Waals surface area (Å²) < 4.78 is 10.0. The summed E-state index contributed by atoms with van der Waals surface area (Å²) in [6.45, 7) is 3.74. The summed E-state index contributed by atoms with van der Waals surface area (Å²) in [5.74, 6) is -1.64. The van der Waals surface area contributed by atoms with Crippen LogP contribution in [0.2, 0.25) is 0 Å². The molecule has 0 saturated carbocycles. The lowest BCUT2D eigenvalue weighted by Crippen LogP contribution is -2.39. The molecule has 2 aromatic rings. The number of nitrogens with one attached hydrogen (secondary N) is 2. The highest BCUT2D eigenvalue weighted by molar-refractivity contribution is 7.17. The highest BCUT2D eigenvalue weighted by atomic mass is 32.1. The molecule has 2 aromatic heterocycles. The van der Waals surface area contributed by atoms with Crippen molar-refractivity contribution >= 4 is 34.3 Å². The molecule has 0 saturated heterocycles. The van der Waals surface area contributed by atoms with E-state index in [0.29, 0.717) is 16.3 Å². The fourth-order valence-corrected chi connectivity index (χ4v) is 2.95. The van der Waals surface area contributed by atoms with Crippen LogP contribution >= 0.6 is 11.3 Å². The maximum absolute atomic E-state index is 12.1. The van der Waals surface area contributed by atoms with Crippen molar-refractivity contribution < 1.29 is 28.6 Å². The number of esters is 1. The second kappa shape index (κ2) is 9.11. The zero-order chi connectivity index (χ0) is 19.1. The van der Waals surface area contributed by atoms with Crippen LogP contribution in [0, 0.1) is 6.92 Å². The number of carboxylic acids is 1. The quantitative estimate of drug-likeness (QED) is 0.560. The molecular weight excluding hydrogens is 362 g/mol. The summed E-state index contributed by atoms with van der Waals surface area (Å²) in [5, 5.41) is 14.7. The number of carboxylic acid groups (broad SMARTS) is 1. The number of nitrogens with zero attached hydrogens (tertiary/aromatic N) is 1. The van der Waals surface area contributed by atoms with Crippen LogP contribution in [0.3, 0.4) is 0 Å². The molecule has 9 nitrogen and oxygen atoms in total. The lowest BCUT2D eigenvalue weighted by atomic mass is 10.2.